The van der Waals surface area contributed by atoms with Crippen LogP contribution in [0.3, 0.4) is 0 Å². The highest BCUT2D eigenvalue weighted by Crippen LogP contribution is 1.92. The summed E-state index contributed by atoms with van der Waals surface area (Å²) in [5.74, 6) is 5.33. The summed E-state index contributed by atoms with van der Waals surface area (Å²) in [6.45, 7) is 4.96. The largest absolute Gasteiger partial charge is 0.342 e. The molecule has 72 valence electrons. The first-order chi connectivity index (χ1) is 6.35. The molecule has 0 bridgehead atoms. The second-order valence-electron chi connectivity index (χ2n) is 1.95. The Kier molecular flexibility index (Phi) is 8.06. The van der Waals surface area contributed by atoms with E-state index in [0.29, 0.717) is 13.2 Å². The average Bonchev–Trinajstić information content (AvgIpc) is 2.13. The van der Waals surface area contributed by atoms with Crippen molar-refractivity contribution in [2.45, 2.75) is 20.1 Å². The van der Waals surface area contributed by atoms with Crippen molar-refractivity contribution in [1.29, 1.82) is 0 Å². The molecule has 13 heavy (non-hydrogen) atoms. The molecular formula is C8H13N3O2. The molecule has 5 heteroatoms. The zero-order valence-corrected chi connectivity index (χ0v) is 7.86. The zero-order chi connectivity index (χ0) is 9.94. The predicted molar refractivity (Wildman–Crippen MR) is 48.8 cm³/mol. The Balaban J connectivity index is 3.87. The highest BCUT2D eigenvalue weighted by Gasteiger charge is 2.00. The summed E-state index contributed by atoms with van der Waals surface area (Å²) in [5.41, 5.74) is 7.97. The molecule has 0 spiro atoms. The van der Waals surface area contributed by atoms with E-state index in [-0.39, 0.29) is 6.54 Å². The maximum atomic E-state index is 7.97. The molecular weight excluding hydrogens is 170 g/mol. The molecule has 0 saturated heterocycles. The third kappa shape index (κ3) is 7.16. The minimum Gasteiger partial charge on any atom is -0.342 e. The highest BCUT2D eigenvalue weighted by molar-refractivity contribution is 5.03. The van der Waals surface area contributed by atoms with Crippen molar-refractivity contribution < 1.29 is 9.47 Å². The van der Waals surface area contributed by atoms with E-state index in [1.165, 1.54) is 0 Å². The van der Waals surface area contributed by atoms with E-state index in [2.05, 4.69) is 21.9 Å². The number of hydrogen-bond donors (Lipinski definition) is 0. The topological polar surface area (TPSA) is 67.2 Å². The normalized spacial score (nSPS) is 8.85. The average molecular weight is 183 g/mol. The molecule has 0 aliphatic carbocycles. The van der Waals surface area contributed by atoms with E-state index in [9.17, 15) is 0 Å². The van der Waals surface area contributed by atoms with Gasteiger partial charge in [-0.2, -0.15) is 0 Å². The summed E-state index contributed by atoms with van der Waals surface area (Å²) in [4.78, 5) is 2.57. The second-order valence-corrected chi connectivity index (χ2v) is 1.95. The Morgan fingerprint density at radius 1 is 1.38 bits per heavy atom. The van der Waals surface area contributed by atoms with Gasteiger partial charge in [-0.05, 0) is 25.3 Å². The molecule has 0 saturated carbocycles. The Morgan fingerprint density at radius 3 is 2.46 bits per heavy atom. The SMILES string of the molecule is CCOC(C#CCN=[N+]=[N-])OCC. The van der Waals surface area contributed by atoms with E-state index < -0.39 is 6.29 Å². The molecule has 0 aromatic rings. The standard InChI is InChI=1S/C8H13N3O2/c1-3-12-8(13-4-2)6-5-7-10-11-9/h8H,3-4,7H2,1-2H3. The number of nitrogens with zero attached hydrogens (tertiary/aromatic N) is 3. The van der Waals surface area contributed by atoms with Gasteiger partial charge in [0.05, 0.1) is 6.54 Å². The molecule has 0 aliphatic rings. The number of rotatable bonds is 5. The summed E-state index contributed by atoms with van der Waals surface area (Å²) in [6.07, 6.45) is -0.510. The van der Waals surface area contributed by atoms with Gasteiger partial charge in [0.25, 0.3) is 0 Å². The molecule has 0 fully saturated rings. The predicted octanol–water partition coefficient (Wildman–Crippen LogP) is 1.70. The number of hydrogen-bond acceptors (Lipinski definition) is 3. The van der Waals surface area contributed by atoms with Gasteiger partial charge in [0.15, 0.2) is 0 Å². The van der Waals surface area contributed by atoms with Gasteiger partial charge >= 0.3 is 0 Å². The first-order valence-electron chi connectivity index (χ1n) is 4.07. The monoisotopic (exact) mass is 183 g/mol. The Morgan fingerprint density at radius 2 is 2.00 bits per heavy atom. The molecule has 0 amide bonds. The van der Waals surface area contributed by atoms with Crippen molar-refractivity contribution >= 4 is 0 Å². The Hall–Kier alpha value is -1.21. The van der Waals surface area contributed by atoms with Crippen LogP contribution >= 0.6 is 0 Å². The van der Waals surface area contributed by atoms with E-state index in [1.807, 2.05) is 13.8 Å². The van der Waals surface area contributed by atoms with Crippen molar-refractivity contribution in [2.24, 2.45) is 5.11 Å². The van der Waals surface area contributed by atoms with Gasteiger partial charge in [-0.15, -0.1) is 0 Å². The van der Waals surface area contributed by atoms with Crippen LogP contribution in [-0.4, -0.2) is 26.0 Å². The van der Waals surface area contributed by atoms with Crippen LogP contribution in [0.25, 0.3) is 10.4 Å². The van der Waals surface area contributed by atoms with Crippen molar-refractivity contribution in [3.8, 4) is 11.8 Å². The Bertz CT molecular complexity index is 219. The van der Waals surface area contributed by atoms with Crippen molar-refractivity contribution in [3.05, 3.63) is 10.4 Å². The van der Waals surface area contributed by atoms with Crippen LogP contribution in [0.2, 0.25) is 0 Å². The van der Waals surface area contributed by atoms with Crippen LogP contribution in [0.4, 0.5) is 0 Å². The maximum Gasteiger partial charge on any atom is 0.222 e. The first-order valence-corrected chi connectivity index (χ1v) is 4.07. The van der Waals surface area contributed by atoms with Gasteiger partial charge in [-0.25, -0.2) is 0 Å². The highest BCUT2D eigenvalue weighted by atomic mass is 16.7. The lowest BCUT2D eigenvalue weighted by Crippen LogP contribution is -2.14. The van der Waals surface area contributed by atoms with Gasteiger partial charge in [0.2, 0.25) is 6.29 Å². The summed E-state index contributed by atoms with van der Waals surface area (Å²) < 4.78 is 10.3. The van der Waals surface area contributed by atoms with Crippen LogP contribution < -0.4 is 0 Å². The van der Waals surface area contributed by atoms with E-state index in [4.69, 9.17) is 15.0 Å². The van der Waals surface area contributed by atoms with E-state index in [1.54, 1.807) is 0 Å². The molecule has 0 aromatic carbocycles. The molecule has 0 rings (SSSR count). The van der Waals surface area contributed by atoms with Gasteiger partial charge in [0, 0.05) is 18.1 Å². The molecule has 0 radical (unpaired) electrons. The third-order valence-corrected chi connectivity index (χ3v) is 1.07. The van der Waals surface area contributed by atoms with Crippen LogP contribution in [0.15, 0.2) is 5.11 Å². The van der Waals surface area contributed by atoms with Gasteiger partial charge in [-0.1, -0.05) is 11.0 Å². The summed E-state index contributed by atoms with van der Waals surface area (Å²) in [7, 11) is 0. The van der Waals surface area contributed by atoms with E-state index in [0.717, 1.165) is 0 Å². The molecule has 0 aromatic heterocycles. The van der Waals surface area contributed by atoms with E-state index >= 15 is 0 Å². The van der Waals surface area contributed by atoms with Crippen LogP contribution in [0.5, 0.6) is 0 Å². The third-order valence-electron chi connectivity index (χ3n) is 1.07. The van der Waals surface area contributed by atoms with Gasteiger partial charge in [0.1, 0.15) is 0 Å². The fourth-order valence-electron chi connectivity index (χ4n) is 0.630. The lowest BCUT2D eigenvalue weighted by molar-refractivity contribution is -0.0970. The van der Waals surface area contributed by atoms with Gasteiger partial charge in [-0.3, -0.25) is 0 Å². The lowest BCUT2D eigenvalue weighted by atomic mass is 10.5. The van der Waals surface area contributed by atoms with Crippen molar-refractivity contribution in [3.63, 3.8) is 0 Å². The fourth-order valence-corrected chi connectivity index (χ4v) is 0.630. The minimum atomic E-state index is -0.510. The lowest BCUT2D eigenvalue weighted by Gasteiger charge is -2.09. The number of azide groups is 1. The summed E-state index contributed by atoms with van der Waals surface area (Å²) in [5, 5.41) is 3.26. The molecule has 5 nitrogen and oxygen atoms in total. The Labute approximate surface area is 77.7 Å². The second kappa shape index (κ2) is 8.88. The van der Waals surface area contributed by atoms with Crippen molar-refractivity contribution in [1.82, 2.24) is 0 Å². The molecule has 0 unspecified atom stereocenters. The smallest absolute Gasteiger partial charge is 0.222 e. The quantitative estimate of drug-likeness (QED) is 0.214. The molecule has 0 N–H and O–H groups in total. The van der Waals surface area contributed by atoms with Crippen LogP contribution in [-0.2, 0) is 9.47 Å². The van der Waals surface area contributed by atoms with Crippen LogP contribution in [0, 0.1) is 11.8 Å². The molecule has 0 atom stereocenters. The number of ether oxygens (including phenoxy) is 2. The minimum absolute atomic E-state index is 0.146. The summed E-state index contributed by atoms with van der Waals surface area (Å²) >= 11 is 0. The van der Waals surface area contributed by atoms with Crippen molar-refractivity contribution in [2.75, 3.05) is 19.8 Å². The van der Waals surface area contributed by atoms with Crippen LogP contribution in [0.1, 0.15) is 13.8 Å². The molecule has 0 heterocycles. The fraction of sp³-hybridized carbons (Fsp3) is 0.750. The zero-order valence-electron chi connectivity index (χ0n) is 7.86. The summed E-state index contributed by atoms with van der Waals surface area (Å²) in [6, 6.07) is 0. The van der Waals surface area contributed by atoms with Gasteiger partial charge < -0.3 is 9.47 Å². The first kappa shape index (κ1) is 11.8. The maximum absolute atomic E-state index is 7.97. The molecule has 0 aliphatic heterocycles.